The molecule has 1 N–H and O–H groups in total. The number of phenols is 1. The lowest BCUT2D eigenvalue weighted by Crippen LogP contribution is -2.09. The van der Waals surface area contributed by atoms with E-state index in [9.17, 15) is 9.90 Å². The standard InChI is InChI=1S/C23H27NO3/c1-3-27-23(26)21-15(2)24(13-12-16-8-4-5-9-16)22-18-11-7-6-10-17(18)20(25)14-19(21)22/h6-7,10-11,14,16,25H,3-5,8-9,12-13H2,1-2H3. The Kier molecular flexibility index (Phi) is 4.81. The van der Waals surface area contributed by atoms with Crippen LogP contribution in [0.5, 0.6) is 5.75 Å². The SMILES string of the molecule is CCOC(=O)c1c(C)n(CCC2CCCC2)c2c1cc(O)c1ccccc12. The molecule has 4 heteroatoms. The molecule has 0 unspecified atom stereocenters. The molecular weight excluding hydrogens is 338 g/mol. The van der Waals surface area contributed by atoms with E-state index in [0.29, 0.717) is 12.2 Å². The lowest BCUT2D eigenvalue weighted by atomic mass is 10.0. The highest BCUT2D eigenvalue weighted by atomic mass is 16.5. The van der Waals surface area contributed by atoms with E-state index >= 15 is 0 Å². The van der Waals surface area contributed by atoms with Gasteiger partial charge in [-0.2, -0.15) is 0 Å². The molecule has 1 fully saturated rings. The molecule has 0 spiro atoms. The Morgan fingerprint density at radius 2 is 1.89 bits per heavy atom. The zero-order valence-corrected chi connectivity index (χ0v) is 16.1. The van der Waals surface area contributed by atoms with Crippen molar-refractivity contribution in [2.45, 2.75) is 52.5 Å². The summed E-state index contributed by atoms with van der Waals surface area (Å²) in [6.45, 7) is 5.04. The lowest BCUT2D eigenvalue weighted by Gasteiger charge is -2.14. The maximum atomic E-state index is 12.7. The van der Waals surface area contributed by atoms with Crippen LogP contribution in [0.3, 0.4) is 0 Å². The van der Waals surface area contributed by atoms with E-state index in [0.717, 1.165) is 46.3 Å². The highest BCUT2D eigenvalue weighted by molar-refractivity contribution is 6.16. The number of esters is 1. The number of fused-ring (bicyclic) bond motifs is 3. The Hall–Kier alpha value is -2.49. The highest BCUT2D eigenvalue weighted by Crippen LogP contribution is 2.38. The van der Waals surface area contributed by atoms with Gasteiger partial charge in [-0.15, -0.1) is 0 Å². The number of phenolic OH excluding ortho intramolecular Hbond substituents is 1. The molecule has 0 bridgehead atoms. The summed E-state index contributed by atoms with van der Waals surface area (Å²) >= 11 is 0. The summed E-state index contributed by atoms with van der Waals surface area (Å²) in [5, 5.41) is 13.1. The van der Waals surface area contributed by atoms with Crippen LogP contribution in [0, 0.1) is 12.8 Å². The Bertz CT molecular complexity index is 996. The third-order valence-corrected chi connectivity index (χ3v) is 6.02. The fraction of sp³-hybridized carbons (Fsp3) is 0.435. The van der Waals surface area contributed by atoms with E-state index in [1.807, 2.05) is 38.1 Å². The zero-order valence-electron chi connectivity index (χ0n) is 16.1. The van der Waals surface area contributed by atoms with Crippen LogP contribution in [0.15, 0.2) is 30.3 Å². The molecule has 1 aliphatic rings. The first-order valence-corrected chi connectivity index (χ1v) is 10.0. The number of rotatable bonds is 5. The van der Waals surface area contributed by atoms with Crippen molar-refractivity contribution in [3.63, 3.8) is 0 Å². The second kappa shape index (κ2) is 7.26. The number of carbonyl (C=O) groups is 1. The van der Waals surface area contributed by atoms with Gasteiger partial charge >= 0.3 is 5.97 Å². The smallest absolute Gasteiger partial charge is 0.340 e. The van der Waals surface area contributed by atoms with Crippen LogP contribution < -0.4 is 0 Å². The van der Waals surface area contributed by atoms with E-state index in [4.69, 9.17) is 4.74 Å². The van der Waals surface area contributed by atoms with Crippen LogP contribution in [0.4, 0.5) is 0 Å². The van der Waals surface area contributed by atoms with Gasteiger partial charge in [0.25, 0.3) is 0 Å². The molecule has 2 aromatic carbocycles. The molecular formula is C23H27NO3. The first kappa shape index (κ1) is 17.9. The molecule has 4 rings (SSSR count). The minimum absolute atomic E-state index is 0.205. The summed E-state index contributed by atoms with van der Waals surface area (Å²) in [5.41, 5.74) is 2.54. The van der Waals surface area contributed by atoms with Crippen molar-refractivity contribution in [3.8, 4) is 5.75 Å². The Morgan fingerprint density at radius 1 is 1.19 bits per heavy atom. The van der Waals surface area contributed by atoms with Gasteiger partial charge in [0.15, 0.2) is 0 Å². The average Bonchev–Trinajstić information content (AvgIpc) is 3.26. The maximum absolute atomic E-state index is 12.7. The van der Waals surface area contributed by atoms with Gasteiger partial charge in [-0.1, -0.05) is 49.9 Å². The maximum Gasteiger partial charge on any atom is 0.340 e. The second-order valence-corrected chi connectivity index (χ2v) is 7.61. The number of benzene rings is 2. The molecule has 1 heterocycles. The number of hydrogen-bond donors (Lipinski definition) is 1. The van der Waals surface area contributed by atoms with E-state index in [1.165, 1.54) is 25.7 Å². The predicted molar refractivity (Wildman–Crippen MR) is 108 cm³/mol. The molecule has 0 radical (unpaired) electrons. The van der Waals surface area contributed by atoms with Gasteiger partial charge in [0.1, 0.15) is 5.75 Å². The van der Waals surface area contributed by atoms with Crippen molar-refractivity contribution in [3.05, 3.63) is 41.6 Å². The summed E-state index contributed by atoms with van der Waals surface area (Å²) in [5.74, 6) is 0.669. The van der Waals surface area contributed by atoms with Crippen molar-refractivity contribution in [1.82, 2.24) is 4.57 Å². The predicted octanol–water partition coefficient (Wildman–Crippen LogP) is 5.57. The molecule has 0 aliphatic heterocycles. The number of aryl methyl sites for hydroxylation is 1. The average molecular weight is 365 g/mol. The molecule has 3 aromatic rings. The normalized spacial score (nSPS) is 15.0. The number of aromatic hydroxyl groups is 1. The number of carbonyl (C=O) groups excluding carboxylic acids is 1. The Balaban J connectivity index is 1.92. The van der Waals surface area contributed by atoms with E-state index in [2.05, 4.69) is 4.57 Å². The first-order valence-electron chi connectivity index (χ1n) is 10.0. The molecule has 1 aliphatic carbocycles. The molecule has 4 nitrogen and oxygen atoms in total. The van der Waals surface area contributed by atoms with Gasteiger partial charge in [-0.25, -0.2) is 4.79 Å². The lowest BCUT2D eigenvalue weighted by molar-refractivity contribution is 0.0527. The molecule has 0 atom stereocenters. The molecule has 142 valence electrons. The summed E-state index contributed by atoms with van der Waals surface area (Å²) in [6, 6.07) is 9.59. The fourth-order valence-electron chi connectivity index (χ4n) is 4.67. The van der Waals surface area contributed by atoms with Crippen molar-refractivity contribution in [2.75, 3.05) is 6.61 Å². The largest absolute Gasteiger partial charge is 0.507 e. The molecule has 1 saturated carbocycles. The van der Waals surface area contributed by atoms with E-state index < -0.39 is 0 Å². The van der Waals surface area contributed by atoms with Gasteiger partial charge < -0.3 is 14.4 Å². The van der Waals surface area contributed by atoms with Gasteiger partial charge in [-0.3, -0.25) is 0 Å². The van der Waals surface area contributed by atoms with Crippen LogP contribution >= 0.6 is 0 Å². The first-order chi connectivity index (χ1) is 13.1. The van der Waals surface area contributed by atoms with Gasteiger partial charge in [0.05, 0.1) is 17.7 Å². The van der Waals surface area contributed by atoms with Crippen LogP contribution in [-0.4, -0.2) is 22.2 Å². The monoisotopic (exact) mass is 365 g/mol. The van der Waals surface area contributed by atoms with E-state index in [1.54, 1.807) is 6.07 Å². The fourth-order valence-corrected chi connectivity index (χ4v) is 4.67. The number of aromatic nitrogens is 1. The zero-order chi connectivity index (χ0) is 19.0. The molecule has 1 aromatic heterocycles. The third-order valence-electron chi connectivity index (χ3n) is 6.02. The van der Waals surface area contributed by atoms with Crippen LogP contribution in [-0.2, 0) is 11.3 Å². The number of ether oxygens (including phenoxy) is 1. The van der Waals surface area contributed by atoms with E-state index in [-0.39, 0.29) is 11.7 Å². The van der Waals surface area contributed by atoms with Gasteiger partial charge in [0.2, 0.25) is 0 Å². The van der Waals surface area contributed by atoms with Crippen molar-refractivity contribution in [1.29, 1.82) is 0 Å². The Morgan fingerprint density at radius 3 is 2.59 bits per heavy atom. The number of nitrogens with zero attached hydrogens (tertiary/aromatic N) is 1. The molecule has 0 saturated heterocycles. The number of hydrogen-bond acceptors (Lipinski definition) is 3. The van der Waals surface area contributed by atoms with Gasteiger partial charge in [0, 0.05) is 28.4 Å². The van der Waals surface area contributed by atoms with Crippen LogP contribution in [0.25, 0.3) is 21.7 Å². The Labute approximate surface area is 159 Å². The van der Waals surface area contributed by atoms with Crippen molar-refractivity contribution >= 4 is 27.6 Å². The summed E-state index contributed by atoms with van der Waals surface area (Å²) in [4.78, 5) is 12.7. The minimum atomic E-state index is -0.311. The minimum Gasteiger partial charge on any atom is -0.507 e. The van der Waals surface area contributed by atoms with Crippen LogP contribution in [0.1, 0.15) is 55.1 Å². The van der Waals surface area contributed by atoms with Gasteiger partial charge in [-0.05, 0) is 32.3 Å². The topological polar surface area (TPSA) is 51.5 Å². The second-order valence-electron chi connectivity index (χ2n) is 7.61. The summed E-state index contributed by atoms with van der Waals surface area (Å²) in [7, 11) is 0. The van der Waals surface area contributed by atoms with Crippen LogP contribution in [0.2, 0.25) is 0 Å². The quantitative estimate of drug-likeness (QED) is 0.602. The van der Waals surface area contributed by atoms with Crippen molar-refractivity contribution in [2.24, 2.45) is 5.92 Å². The molecule has 0 amide bonds. The summed E-state index contributed by atoms with van der Waals surface area (Å²) < 4.78 is 7.59. The highest BCUT2D eigenvalue weighted by Gasteiger charge is 2.24. The summed E-state index contributed by atoms with van der Waals surface area (Å²) in [6.07, 6.45) is 6.42. The van der Waals surface area contributed by atoms with Crippen molar-refractivity contribution < 1.29 is 14.6 Å². The molecule has 27 heavy (non-hydrogen) atoms. The third kappa shape index (κ3) is 3.07.